The summed E-state index contributed by atoms with van der Waals surface area (Å²) in [4.78, 5) is 18.3. The Morgan fingerprint density at radius 2 is 2.13 bits per heavy atom. The summed E-state index contributed by atoms with van der Waals surface area (Å²) in [7, 11) is 1.65. The quantitative estimate of drug-likeness (QED) is 0.471. The Balaban J connectivity index is 1.93. The number of hydrogen-bond donors (Lipinski definition) is 1. The van der Waals surface area contributed by atoms with Crippen LogP contribution in [0, 0.1) is 5.92 Å². The first-order chi connectivity index (χ1) is 14.7. The highest BCUT2D eigenvalue weighted by Crippen LogP contribution is 2.35. The molecule has 0 atom stereocenters. The SMILES string of the molecule is C/C=C(\S/C=C\CC)c1cc(OCCOC)c2cc(NC(=O)C3CCC3)ccc2n1. The molecule has 6 heteroatoms. The predicted octanol–water partition coefficient (Wildman–Crippen LogP) is 6.02. The van der Waals surface area contributed by atoms with E-state index in [4.69, 9.17) is 14.5 Å². The molecule has 1 fully saturated rings. The van der Waals surface area contributed by atoms with E-state index in [0.717, 1.165) is 58.6 Å². The van der Waals surface area contributed by atoms with Crippen LogP contribution in [0.3, 0.4) is 0 Å². The Morgan fingerprint density at radius 3 is 2.80 bits per heavy atom. The first kappa shape index (κ1) is 22.4. The first-order valence-corrected chi connectivity index (χ1v) is 11.4. The standard InChI is InChI=1S/C24H30N2O3S/c1-4-6-14-30-23(5-2)21-16-22(29-13-12-28-3)19-15-18(10-11-20(19)26-21)25-24(27)17-8-7-9-17/h5-6,10-11,14-17H,4,7-9,12-13H2,1-3H3,(H,25,27)/b14-6-,23-5-. The van der Waals surface area contributed by atoms with E-state index >= 15 is 0 Å². The third kappa shape index (κ3) is 5.64. The molecule has 1 aliphatic carbocycles. The third-order valence-electron chi connectivity index (χ3n) is 5.10. The molecular weight excluding hydrogens is 396 g/mol. The van der Waals surface area contributed by atoms with Crippen LogP contribution in [0.15, 0.2) is 41.8 Å². The van der Waals surface area contributed by atoms with Crippen LogP contribution in [0.25, 0.3) is 15.8 Å². The van der Waals surface area contributed by atoms with E-state index in [-0.39, 0.29) is 11.8 Å². The number of thioether (sulfide) groups is 1. The molecule has 2 aromatic rings. The van der Waals surface area contributed by atoms with Gasteiger partial charge < -0.3 is 14.8 Å². The molecule has 0 spiro atoms. The van der Waals surface area contributed by atoms with Crippen LogP contribution < -0.4 is 10.1 Å². The average Bonchev–Trinajstić information content (AvgIpc) is 2.70. The predicted molar refractivity (Wildman–Crippen MR) is 126 cm³/mol. The topological polar surface area (TPSA) is 60.5 Å². The van der Waals surface area contributed by atoms with Gasteiger partial charge in [-0.15, -0.1) is 0 Å². The lowest BCUT2D eigenvalue weighted by Crippen LogP contribution is -2.27. The van der Waals surface area contributed by atoms with E-state index in [9.17, 15) is 4.79 Å². The van der Waals surface area contributed by atoms with Crippen molar-refractivity contribution in [3.05, 3.63) is 47.5 Å². The van der Waals surface area contributed by atoms with E-state index in [2.05, 4.69) is 29.8 Å². The number of anilines is 1. The minimum Gasteiger partial charge on any atom is -0.490 e. The molecule has 0 radical (unpaired) electrons. The van der Waals surface area contributed by atoms with Crippen LogP contribution >= 0.6 is 11.8 Å². The Morgan fingerprint density at radius 1 is 1.30 bits per heavy atom. The zero-order valence-corrected chi connectivity index (χ0v) is 18.8. The average molecular weight is 427 g/mol. The number of allylic oxidation sites excluding steroid dienone is 2. The molecule has 30 heavy (non-hydrogen) atoms. The van der Waals surface area contributed by atoms with Crippen molar-refractivity contribution in [3.8, 4) is 5.75 Å². The van der Waals surface area contributed by atoms with Gasteiger partial charge in [-0.25, -0.2) is 4.98 Å². The smallest absolute Gasteiger partial charge is 0.227 e. The summed E-state index contributed by atoms with van der Waals surface area (Å²) < 4.78 is 11.2. The summed E-state index contributed by atoms with van der Waals surface area (Å²) >= 11 is 1.65. The summed E-state index contributed by atoms with van der Waals surface area (Å²) in [5, 5.41) is 6.01. The van der Waals surface area contributed by atoms with Crippen molar-refractivity contribution in [2.45, 2.75) is 39.5 Å². The molecule has 1 aliphatic rings. The van der Waals surface area contributed by atoms with Crippen molar-refractivity contribution in [3.63, 3.8) is 0 Å². The van der Waals surface area contributed by atoms with Crippen LogP contribution in [-0.4, -0.2) is 31.2 Å². The van der Waals surface area contributed by atoms with Gasteiger partial charge in [-0.2, -0.15) is 0 Å². The number of hydrogen-bond acceptors (Lipinski definition) is 5. The summed E-state index contributed by atoms with van der Waals surface area (Å²) in [6.45, 7) is 5.08. The number of fused-ring (bicyclic) bond motifs is 1. The second kappa shape index (κ2) is 11.2. The lowest BCUT2D eigenvalue weighted by atomic mass is 9.85. The van der Waals surface area contributed by atoms with E-state index in [1.54, 1.807) is 18.9 Å². The molecule has 0 unspecified atom stereocenters. The van der Waals surface area contributed by atoms with Crippen molar-refractivity contribution < 1.29 is 14.3 Å². The highest BCUT2D eigenvalue weighted by atomic mass is 32.2. The summed E-state index contributed by atoms with van der Waals surface area (Å²) in [6, 6.07) is 7.77. The van der Waals surface area contributed by atoms with Gasteiger partial charge in [0.05, 0.1) is 17.8 Å². The molecule has 0 aliphatic heterocycles. The number of nitrogens with zero attached hydrogens (tertiary/aromatic N) is 1. The third-order valence-corrected chi connectivity index (χ3v) is 6.13. The Hall–Kier alpha value is -2.31. The maximum Gasteiger partial charge on any atom is 0.227 e. The van der Waals surface area contributed by atoms with Gasteiger partial charge in [0.15, 0.2) is 0 Å². The molecule has 0 bridgehead atoms. The number of carbonyl (C=O) groups excluding carboxylic acids is 1. The van der Waals surface area contributed by atoms with Crippen LogP contribution in [0.4, 0.5) is 5.69 Å². The molecule has 1 aromatic heterocycles. The summed E-state index contributed by atoms with van der Waals surface area (Å²) in [6.07, 6.45) is 8.28. The highest BCUT2D eigenvalue weighted by Gasteiger charge is 2.25. The van der Waals surface area contributed by atoms with Crippen molar-refractivity contribution in [1.29, 1.82) is 0 Å². The Bertz CT molecular complexity index is 935. The van der Waals surface area contributed by atoms with E-state index < -0.39 is 0 Å². The molecule has 160 valence electrons. The van der Waals surface area contributed by atoms with Gasteiger partial charge in [-0.3, -0.25) is 4.79 Å². The Labute approximate surface area is 182 Å². The number of nitrogens with one attached hydrogen (secondary N) is 1. The van der Waals surface area contributed by atoms with Gasteiger partial charge in [0.2, 0.25) is 5.91 Å². The second-order valence-corrected chi connectivity index (χ2v) is 8.19. The fourth-order valence-electron chi connectivity index (χ4n) is 3.16. The number of amides is 1. The van der Waals surface area contributed by atoms with Crippen LogP contribution in [0.1, 0.15) is 45.2 Å². The van der Waals surface area contributed by atoms with Gasteiger partial charge in [0.1, 0.15) is 12.4 Å². The molecule has 5 nitrogen and oxygen atoms in total. The maximum absolute atomic E-state index is 12.3. The monoisotopic (exact) mass is 426 g/mol. The molecule has 1 heterocycles. The minimum atomic E-state index is 0.0994. The lowest BCUT2D eigenvalue weighted by molar-refractivity contribution is -0.122. The van der Waals surface area contributed by atoms with Gasteiger partial charge in [-0.05, 0) is 49.8 Å². The Kier molecular flexibility index (Phi) is 8.34. The van der Waals surface area contributed by atoms with Crippen molar-refractivity contribution in [1.82, 2.24) is 4.98 Å². The number of rotatable bonds is 10. The zero-order chi connectivity index (χ0) is 21.3. The van der Waals surface area contributed by atoms with Crippen LogP contribution in [0.2, 0.25) is 0 Å². The van der Waals surface area contributed by atoms with Crippen molar-refractivity contribution in [2.24, 2.45) is 5.92 Å². The molecule has 1 aromatic carbocycles. The van der Waals surface area contributed by atoms with Gasteiger partial charge in [0.25, 0.3) is 0 Å². The summed E-state index contributed by atoms with van der Waals surface area (Å²) in [5.41, 5.74) is 2.48. The largest absolute Gasteiger partial charge is 0.490 e. The number of methoxy groups -OCH3 is 1. The number of carbonyl (C=O) groups is 1. The molecule has 1 amide bonds. The highest BCUT2D eigenvalue weighted by molar-refractivity contribution is 8.10. The summed E-state index contributed by atoms with van der Waals surface area (Å²) in [5.74, 6) is 0.984. The van der Waals surface area contributed by atoms with Crippen LogP contribution in [0.5, 0.6) is 5.75 Å². The van der Waals surface area contributed by atoms with Gasteiger partial charge in [-0.1, -0.05) is 37.3 Å². The second-order valence-electron chi connectivity index (χ2n) is 7.25. The van der Waals surface area contributed by atoms with E-state index in [1.165, 1.54) is 0 Å². The fourth-order valence-corrected chi connectivity index (χ4v) is 3.96. The number of pyridine rings is 1. The van der Waals surface area contributed by atoms with Crippen LogP contribution in [-0.2, 0) is 9.53 Å². The van der Waals surface area contributed by atoms with Gasteiger partial charge >= 0.3 is 0 Å². The van der Waals surface area contributed by atoms with E-state index in [1.807, 2.05) is 31.2 Å². The fraction of sp³-hybridized carbons (Fsp3) is 0.417. The van der Waals surface area contributed by atoms with Crippen molar-refractivity contribution in [2.75, 3.05) is 25.6 Å². The number of ether oxygens (including phenoxy) is 2. The molecule has 1 saturated carbocycles. The number of aromatic nitrogens is 1. The maximum atomic E-state index is 12.3. The number of benzene rings is 1. The lowest BCUT2D eigenvalue weighted by Gasteiger charge is -2.24. The minimum absolute atomic E-state index is 0.0994. The normalized spacial score (nSPS) is 14.8. The zero-order valence-electron chi connectivity index (χ0n) is 17.9. The molecule has 0 saturated heterocycles. The first-order valence-electron chi connectivity index (χ1n) is 10.5. The molecule has 1 N–H and O–H groups in total. The molecular formula is C24H30N2O3S. The van der Waals surface area contributed by atoms with E-state index in [0.29, 0.717) is 13.2 Å². The van der Waals surface area contributed by atoms with Crippen molar-refractivity contribution >= 4 is 39.2 Å². The molecule has 3 rings (SSSR count). The van der Waals surface area contributed by atoms with Gasteiger partial charge in [0, 0.05) is 35.1 Å².